The summed E-state index contributed by atoms with van der Waals surface area (Å²) < 4.78 is 45.7. The molecule has 1 rings (SSSR count). The summed E-state index contributed by atoms with van der Waals surface area (Å²) in [5.74, 6) is -1.46. The standard InChI is InChI=1S/C14H15F3O4/c1-9-5-3-4-6-11(9)21-13(19)8-7-12(18)20-10(2)14(15,16)17/h3-6,10H,7-8H2,1-2H3. The van der Waals surface area contributed by atoms with Gasteiger partial charge in [-0.3, -0.25) is 9.59 Å². The van der Waals surface area contributed by atoms with Crippen LogP contribution in [0.25, 0.3) is 0 Å². The molecule has 1 atom stereocenters. The average molecular weight is 304 g/mol. The van der Waals surface area contributed by atoms with Gasteiger partial charge >= 0.3 is 18.1 Å². The van der Waals surface area contributed by atoms with Crippen LogP contribution in [0.2, 0.25) is 0 Å². The lowest BCUT2D eigenvalue weighted by Crippen LogP contribution is -2.31. The van der Waals surface area contributed by atoms with Crippen LogP contribution in [-0.4, -0.2) is 24.2 Å². The van der Waals surface area contributed by atoms with Gasteiger partial charge in [0.25, 0.3) is 0 Å². The fourth-order valence-electron chi connectivity index (χ4n) is 1.37. The van der Waals surface area contributed by atoms with E-state index in [-0.39, 0.29) is 6.42 Å². The van der Waals surface area contributed by atoms with Crippen molar-refractivity contribution in [1.29, 1.82) is 0 Å². The molecule has 0 aromatic heterocycles. The second kappa shape index (κ2) is 7.10. The fourth-order valence-corrected chi connectivity index (χ4v) is 1.37. The molecule has 0 aliphatic heterocycles. The zero-order chi connectivity index (χ0) is 16.0. The molecule has 0 spiro atoms. The highest BCUT2D eigenvalue weighted by Crippen LogP contribution is 2.23. The maximum atomic E-state index is 12.2. The van der Waals surface area contributed by atoms with Crippen molar-refractivity contribution >= 4 is 11.9 Å². The summed E-state index contributed by atoms with van der Waals surface area (Å²) >= 11 is 0. The maximum absolute atomic E-state index is 12.2. The molecule has 0 aliphatic rings. The number of aryl methyl sites for hydroxylation is 1. The van der Waals surface area contributed by atoms with Crippen molar-refractivity contribution in [3.63, 3.8) is 0 Å². The second-order valence-electron chi connectivity index (χ2n) is 4.41. The molecule has 1 unspecified atom stereocenters. The van der Waals surface area contributed by atoms with Gasteiger partial charge in [-0.05, 0) is 25.5 Å². The molecule has 21 heavy (non-hydrogen) atoms. The number of hydrogen-bond donors (Lipinski definition) is 0. The number of carbonyl (C=O) groups excluding carboxylic acids is 2. The van der Waals surface area contributed by atoms with Crippen LogP contribution in [0.15, 0.2) is 24.3 Å². The first-order chi connectivity index (χ1) is 9.70. The van der Waals surface area contributed by atoms with E-state index in [0.717, 1.165) is 12.5 Å². The van der Waals surface area contributed by atoms with E-state index in [1.165, 1.54) is 0 Å². The number of para-hydroxylation sites is 1. The van der Waals surface area contributed by atoms with Crippen LogP contribution in [0.5, 0.6) is 5.75 Å². The lowest BCUT2D eigenvalue weighted by molar-refractivity contribution is -0.216. The molecule has 4 nitrogen and oxygen atoms in total. The third-order valence-electron chi connectivity index (χ3n) is 2.62. The molecule has 0 radical (unpaired) electrons. The minimum absolute atomic E-state index is 0.347. The van der Waals surface area contributed by atoms with Gasteiger partial charge < -0.3 is 9.47 Å². The fraction of sp³-hybridized carbons (Fsp3) is 0.429. The highest BCUT2D eigenvalue weighted by Gasteiger charge is 2.39. The van der Waals surface area contributed by atoms with E-state index in [4.69, 9.17) is 4.74 Å². The molecule has 7 heteroatoms. The van der Waals surface area contributed by atoms with E-state index in [2.05, 4.69) is 4.74 Å². The maximum Gasteiger partial charge on any atom is 0.425 e. The van der Waals surface area contributed by atoms with Crippen molar-refractivity contribution in [3.05, 3.63) is 29.8 Å². The van der Waals surface area contributed by atoms with Crippen molar-refractivity contribution < 1.29 is 32.2 Å². The molecule has 0 bridgehead atoms. The SMILES string of the molecule is Cc1ccccc1OC(=O)CCC(=O)OC(C)C(F)(F)F. The first kappa shape index (κ1) is 17.0. The Balaban J connectivity index is 2.40. The average Bonchev–Trinajstić information content (AvgIpc) is 2.38. The summed E-state index contributed by atoms with van der Waals surface area (Å²) in [5.41, 5.74) is 0.735. The van der Waals surface area contributed by atoms with Crippen LogP contribution < -0.4 is 4.74 Å². The van der Waals surface area contributed by atoms with Crippen LogP contribution in [0.4, 0.5) is 13.2 Å². The Morgan fingerprint density at radius 2 is 1.71 bits per heavy atom. The minimum Gasteiger partial charge on any atom is -0.453 e. The quantitative estimate of drug-likeness (QED) is 0.619. The number of alkyl halides is 3. The Morgan fingerprint density at radius 1 is 1.14 bits per heavy atom. The summed E-state index contributed by atoms with van der Waals surface area (Å²) in [4.78, 5) is 22.7. The summed E-state index contributed by atoms with van der Waals surface area (Å²) in [7, 11) is 0. The number of ether oxygens (including phenoxy) is 2. The molecule has 0 heterocycles. The zero-order valence-electron chi connectivity index (χ0n) is 11.6. The molecule has 1 aromatic rings. The predicted octanol–water partition coefficient (Wildman–Crippen LogP) is 3.17. The highest BCUT2D eigenvalue weighted by molar-refractivity contribution is 5.79. The molecule has 0 saturated heterocycles. The molecule has 0 aliphatic carbocycles. The van der Waals surface area contributed by atoms with Gasteiger partial charge in [-0.15, -0.1) is 0 Å². The minimum atomic E-state index is -4.61. The third kappa shape index (κ3) is 5.85. The van der Waals surface area contributed by atoms with Crippen molar-refractivity contribution in [1.82, 2.24) is 0 Å². The van der Waals surface area contributed by atoms with Crippen molar-refractivity contribution in [2.75, 3.05) is 0 Å². The Bertz CT molecular complexity index is 511. The second-order valence-corrected chi connectivity index (χ2v) is 4.41. The Labute approximate surface area is 119 Å². The lowest BCUT2D eigenvalue weighted by atomic mass is 10.2. The van der Waals surface area contributed by atoms with E-state index in [9.17, 15) is 22.8 Å². The monoisotopic (exact) mass is 304 g/mol. The van der Waals surface area contributed by atoms with Crippen LogP contribution in [0, 0.1) is 6.92 Å². The highest BCUT2D eigenvalue weighted by atomic mass is 19.4. The topological polar surface area (TPSA) is 52.6 Å². The van der Waals surface area contributed by atoms with Gasteiger partial charge in [0.2, 0.25) is 0 Å². The molecule has 0 N–H and O–H groups in total. The summed E-state index contributed by atoms with van der Waals surface area (Å²) in [6, 6.07) is 6.76. The van der Waals surface area contributed by atoms with Gasteiger partial charge in [0, 0.05) is 0 Å². The van der Waals surface area contributed by atoms with Crippen molar-refractivity contribution in [3.8, 4) is 5.75 Å². The number of halogens is 3. The number of benzene rings is 1. The zero-order valence-corrected chi connectivity index (χ0v) is 11.6. The molecule has 0 amide bonds. The Hall–Kier alpha value is -2.05. The molecule has 0 saturated carbocycles. The third-order valence-corrected chi connectivity index (χ3v) is 2.62. The van der Waals surface area contributed by atoms with Gasteiger partial charge in [0.1, 0.15) is 5.75 Å². The normalized spacial score (nSPS) is 12.6. The van der Waals surface area contributed by atoms with Crippen LogP contribution in [0.1, 0.15) is 25.3 Å². The van der Waals surface area contributed by atoms with Gasteiger partial charge in [-0.2, -0.15) is 13.2 Å². The smallest absolute Gasteiger partial charge is 0.425 e. The molecule has 1 aromatic carbocycles. The van der Waals surface area contributed by atoms with E-state index in [1.807, 2.05) is 0 Å². The van der Waals surface area contributed by atoms with Gasteiger partial charge in [-0.1, -0.05) is 18.2 Å². The predicted molar refractivity (Wildman–Crippen MR) is 67.7 cm³/mol. The number of rotatable bonds is 5. The summed E-state index contributed by atoms with van der Waals surface area (Å²) in [5, 5.41) is 0. The first-order valence-electron chi connectivity index (χ1n) is 6.22. The van der Waals surface area contributed by atoms with Gasteiger partial charge in [0.05, 0.1) is 12.8 Å². The van der Waals surface area contributed by atoms with Crippen LogP contribution >= 0.6 is 0 Å². The number of hydrogen-bond acceptors (Lipinski definition) is 4. The number of esters is 2. The Morgan fingerprint density at radius 3 is 2.29 bits per heavy atom. The number of carbonyl (C=O) groups is 2. The largest absolute Gasteiger partial charge is 0.453 e. The first-order valence-corrected chi connectivity index (χ1v) is 6.22. The van der Waals surface area contributed by atoms with Crippen molar-refractivity contribution in [2.45, 2.75) is 39.0 Å². The summed E-state index contributed by atoms with van der Waals surface area (Å²) in [6.07, 6.45) is -7.63. The van der Waals surface area contributed by atoms with E-state index < -0.39 is 30.6 Å². The molecule has 0 fully saturated rings. The van der Waals surface area contributed by atoms with Crippen LogP contribution in [-0.2, 0) is 14.3 Å². The van der Waals surface area contributed by atoms with E-state index >= 15 is 0 Å². The van der Waals surface area contributed by atoms with Gasteiger partial charge in [-0.25, -0.2) is 0 Å². The van der Waals surface area contributed by atoms with Crippen molar-refractivity contribution in [2.24, 2.45) is 0 Å². The van der Waals surface area contributed by atoms with E-state index in [0.29, 0.717) is 5.75 Å². The molecular weight excluding hydrogens is 289 g/mol. The van der Waals surface area contributed by atoms with Crippen LogP contribution in [0.3, 0.4) is 0 Å². The van der Waals surface area contributed by atoms with Gasteiger partial charge in [0.15, 0.2) is 6.10 Å². The molecular formula is C14H15F3O4. The summed E-state index contributed by atoms with van der Waals surface area (Å²) in [6.45, 7) is 2.46. The Kier molecular flexibility index (Phi) is 5.75. The molecule has 116 valence electrons. The van der Waals surface area contributed by atoms with E-state index in [1.54, 1.807) is 31.2 Å². The lowest BCUT2D eigenvalue weighted by Gasteiger charge is -2.16.